The molecule has 2 heterocycles. The Morgan fingerprint density at radius 3 is 2.42 bits per heavy atom. The topological polar surface area (TPSA) is 112 Å². The van der Waals surface area contributed by atoms with Gasteiger partial charge in [-0.05, 0) is 30.0 Å². The van der Waals surface area contributed by atoms with Crippen LogP contribution in [0.1, 0.15) is 25.3 Å². The van der Waals surface area contributed by atoms with Gasteiger partial charge in [0.2, 0.25) is 5.91 Å². The van der Waals surface area contributed by atoms with Gasteiger partial charge in [-0.2, -0.15) is 0 Å². The van der Waals surface area contributed by atoms with Crippen LogP contribution in [-0.4, -0.2) is 84.7 Å². The molecule has 1 unspecified atom stereocenters. The molecule has 2 saturated heterocycles. The van der Waals surface area contributed by atoms with Crippen LogP contribution >= 0.6 is 0 Å². The zero-order valence-electron chi connectivity index (χ0n) is 18.1. The highest BCUT2D eigenvalue weighted by atomic mass is 16.6. The second kappa shape index (κ2) is 10.6. The fourth-order valence-electron chi connectivity index (χ4n) is 3.72. The predicted octanol–water partition coefficient (Wildman–Crippen LogP) is 0.724. The van der Waals surface area contributed by atoms with Crippen LogP contribution < -0.4 is 10.1 Å². The fourth-order valence-corrected chi connectivity index (χ4v) is 3.72. The van der Waals surface area contributed by atoms with Crippen molar-refractivity contribution in [2.75, 3.05) is 39.8 Å². The summed E-state index contributed by atoms with van der Waals surface area (Å²) in [5, 5.41) is 11.4. The summed E-state index contributed by atoms with van der Waals surface area (Å²) < 4.78 is 10.0. The third kappa shape index (κ3) is 6.67. The zero-order valence-corrected chi connectivity index (χ0v) is 18.1. The molecule has 3 atom stereocenters. The maximum Gasteiger partial charge on any atom is 0.336 e. The lowest BCUT2D eigenvalue weighted by Gasteiger charge is -2.35. The van der Waals surface area contributed by atoms with Crippen LogP contribution in [0.3, 0.4) is 0 Å². The molecule has 2 aliphatic rings. The molecular formula is C22H31N3O6. The molecule has 0 spiro atoms. The highest BCUT2D eigenvalue weighted by molar-refractivity contribution is 5.92. The standard InChI is InChI=1S/C22H31N3O6/c1-15(7-8-23-21(27)19-20(31-19)22(28)29)13-18(26)25-11-9-24(10-12-25)14-16-3-5-17(30-2)6-4-16/h3-6,15,19-20H,7-14H2,1-2H3,(H,23,27)(H,28,29)/t15?,19-,20-/m1/s1. The molecule has 0 aromatic heterocycles. The van der Waals surface area contributed by atoms with E-state index in [0.717, 1.165) is 25.4 Å². The SMILES string of the molecule is COc1ccc(CN2CCN(C(=O)CC(C)CCNC(=O)[C@@H]3O[C@H]3C(=O)O)CC2)cc1. The van der Waals surface area contributed by atoms with Crippen LogP contribution in [0.25, 0.3) is 0 Å². The van der Waals surface area contributed by atoms with Crippen LogP contribution in [0.15, 0.2) is 24.3 Å². The Morgan fingerprint density at radius 1 is 1.16 bits per heavy atom. The number of epoxide rings is 1. The summed E-state index contributed by atoms with van der Waals surface area (Å²) in [6, 6.07) is 8.05. The Hall–Kier alpha value is -2.65. The highest BCUT2D eigenvalue weighted by Gasteiger charge is 2.50. The van der Waals surface area contributed by atoms with Gasteiger partial charge in [-0.25, -0.2) is 4.79 Å². The van der Waals surface area contributed by atoms with E-state index in [1.54, 1.807) is 7.11 Å². The minimum absolute atomic E-state index is 0.125. The number of piperazine rings is 1. The van der Waals surface area contributed by atoms with Crippen LogP contribution in [0, 0.1) is 5.92 Å². The maximum atomic E-state index is 12.6. The van der Waals surface area contributed by atoms with E-state index in [4.69, 9.17) is 14.6 Å². The Kier molecular flexibility index (Phi) is 7.86. The van der Waals surface area contributed by atoms with Crippen molar-refractivity contribution in [3.05, 3.63) is 29.8 Å². The minimum Gasteiger partial charge on any atom is -0.497 e. The molecule has 2 N–H and O–H groups in total. The monoisotopic (exact) mass is 433 g/mol. The number of ether oxygens (including phenoxy) is 2. The Balaban J connectivity index is 1.31. The van der Waals surface area contributed by atoms with Crippen LogP contribution in [0.5, 0.6) is 5.75 Å². The van der Waals surface area contributed by atoms with Crippen LogP contribution in [-0.2, 0) is 25.7 Å². The van der Waals surface area contributed by atoms with Gasteiger partial charge in [-0.3, -0.25) is 14.5 Å². The summed E-state index contributed by atoms with van der Waals surface area (Å²) in [6.45, 7) is 6.35. The van der Waals surface area contributed by atoms with Crippen molar-refractivity contribution in [2.45, 2.75) is 38.5 Å². The molecule has 3 rings (SSSR count). The first-order valence-electron chi connectivity index (χ1n) is 10.7. The van der Waals surface area contributed by atoms with Crippen molar-refractivity contribution in [2.24, 2.45) is 5.92 Å². The number of rotatable bonds is 10. The number of carboxylic acids is 1. The lowest BCUT2D eigenvalue weighted by Crippen LogP contribution is -2.48. The third-order valence-electron chi connectivity index (χ3n) is 5.74. The summed E-state index contributed by atoms with van der Waals surface area (Å²) in [4.78, 5) is 39.3. The number of hydrogen-bond donors (Lipinski definition) is 2. The molecule has 0 radical (unpaired) electrons. The van der Waals surface area contributed by atoms with Crippen molar-refractivity contribution >= 4 is 17.8 Å². The Bertz CT molecular complexity index is 776. The molecule has 2 aliphatic heterocycles. The smallest absolute Gasteiger partial charge is 0.336 e. The molecule has 2 amide bonds. The quantitative estimate of drug-likeness (QED) is 0.523. The van der Waals surface area contributed by atoms with Crippen molar-refractivity contribution < 1.29 is 29.0 Å². The molecule has 0 bridgehead atoms. The highest BCUT2D eigenvalue weighted by Crippen LogP contribution is 2.22. The number of nitrogens with one attached hydrogen (secondary N) is 1. The van der Waals surface area contributed by atoms with Gasteiger partial charge in [0.25, 0.3) is 5.91 Å². The molecule has 0 saturated carbocycles. The van der Waals surface area contributed by atoms with Gasteiger partial charge >= 0.3 is 5.97 Å². The third-order valence-corrected chi connectivity index (χ3v) is 5.74. The number of hydrogen-bond acceptors (Lipinski definition) is 6. The van der Waals surface area contributed by atoms with Gasteiger partial charge in [0.05, 0.1) is 7.11 Å². The number of carbonyl (C=O) groups excluding carboxylic acids is 2. The molecule has 9 nitrogen and oxygen atoms in total. The summed E-state index contributed by atoms with van der Waals surface area (Å²) in [5.41, 5.74) is 1.22. The normalized spacial score (nSPS) is 21.9. The minimum atomic E-state index is -1.12. The number of carboxylic acid groups (broad SMARTS) is 1. The molecule has 170 valence electrons. The van der Waals surface area contributed by atoms with Crippen molar-refractivity contribution in [1.82, 2.24) is 15.1 Å². The molecule has 1 aromatic carbocycles. The van der Waals surface area contributed by atoms with Gasteiger partial charge in [0.1, 0.15) is 5.75 Å². The van der Waals surface area contributed by atoms with Gasteiger partial charge in [-0.15, -0.1) is 0 Å². The van der Waals surface area contributed by atoms with E-state index < -0.39 is 24.1 Å². The summed E-state index contributed by atoms with van der Waals surface area (Å²) in [6.07, 6.45) is -0.822. The van der Waals surface area contributed by atoms with E-state index in [2.05, 4.69) is 22.3 Å². The number of nitrogens with zero attached hydrogens (tertiary/aromatic N) is 2. The first-order valence-corrected chi connectivity index (χ1v) is 10.7. The fraction of sp³-hybridized carbons (Fsp3) is 0.591. The molecule has 0 aliphatic carbocycles. The lowest BCUT2D eigenvalue weighted by atomic mass is 10.0. The van der Waals surface area contributed by atoms with Crippen molar-refractivity contribution in [3.8, 4) is 5.75 Å². The van der Waals surface area contributed by atoms with E-state index in [9.17, 15) is 14.4 Å². The average Bonchev–Trinajstić information content (AvgIpc) is 3.56. The van der Waals surface area contributed by atoms with Gasteiger partial charge < -0.3 is 24.8 Å². The number of methoxy groups -OCH3 is 1. The van der Waals surface area contributed by atoms with Crippen LogP contribution in [0.4, 0.5) is 0 Å². The second-order valence-electron chi connectivity index (χ2n) is 8.21. The van der Waals surface area contributed by atoms with E-state index in [-0.39, 0.29) is 11.8 Å². The summed E-state index contributed by atoms with van der Waals surface area (Å²) >= 11 is 0. The molecule has 1 aromatic rings. The summed E-state index contributed by atoms with van der Waals surface area (Å²) in [5.74, 6) is -0.416. The van der Waals surface area contributed by atoms with Crippen LogP contribution in [0.2, 0.25) is 0 Å². The molecule has 9 heteroatoms. The second-order valence-corrected chi connectivity index (χ2v) is 8.21. The Morgan fingerprint density at radius 2 is 1.84 bits per heavy atom. The molecule has 31 heavy (non-hydrogen) atoms. The van der Waals surface area contributed by atoms with Gasteiger partial charge in [0.15, 0.2) is 12.2 Å². The average molecular weight is 434 g/mol. The number of aliphatic carboxylic acids is 1. The Labute approximate surface area is 182 Å². The number of carbonyl (C=O) groups is 3. The van der Waals surface area contributed by atoms with E-state index >= 15 is 0 Å². The maximum absolute atomic E-state index is 12.6. The number of benzene rings is 1. The number of amides is 2. The zero-order chi connectivity index (χ0) is 22.4. The van der Waals surface area contributed by atoms with E-state index in [1.807, 2.05) is 24.0 Å². The van der Waals surface area contributed by atoms with E-state index in [1.165, 1.54) is 5.56 Å². The summed E-state index contributed by atoms with van der Waals surface area (Å²) in [7, 11) is 1.65. The van der Waals surface area contributed by atoms with E-state index in [0.29, 0.717) is 32.5 Å². The first kappa shape index (κ1) is 23.0. The largest absolute Gasteiger partial charge is 0.497 e. The molecule has 2 fully saturated rings. The first-order chi connectivity index (χ1) is 14.9. The molecular weight excluding hydrogens is 402 g/mol. The van der Waals surface area contributed by atoms with Crippen molar-refractivity contribution in [3.63, 3.8) is 0 Å². The van der Waals surface area contributed by atoms with Crippen molar-refractivity contribution in [1.29, 1.82) is 0 Å². The van der Waals surface area contributed by atoms with Gasteiger partial charge in [-0.1, -0.05) is 19.1 Å². The predicted molar refractivity (Wildman–Crippen MR) is 113 cm³/mol. The lowest BCUT2D eigenvalue weighted by molar-refractivity contribution is -0.138. The van der Waals surface area contributed by atoms with Gasteiger partial charge in [0, 0.05) is 45.7 Å².